The fourth-order valence-corrected chi connectivity index (χ4v) is 2.81. The molecule has 1 aliphatic rings. The van der Waals surface area contributed by atoms with Crippen molar-refractivity contribution in [2.75, 3.05) is 13.7 Å². The molecule has 5 atom stereocenters. The highest BCUT2D eigenvalue weighted by Crippen LogP contribution is 2.43. The van der Waals surface area contributed by atoms with Crippen LogP contribution in [0.15, 0.2) is 17.4 Å². The van der Waals surface area contributed by atoms with E-state index in [4.69, 9.17) is 4.74 Å². The summed E-state index contributed by atoms with van der Waals surface area (Å²) in [6, 6.07) is 0. The Bertz CT molecular complexity index is 837. The van der Waals surface area contributed by atoms with E-state index in [2.05, 4.69) is 24.0 Å². The number of aromatic amines is 1. The summed E-state index contributed by atoms with van der Waals surface area (Å²) in [6.45, 7) is -0.489. The number of aromatic nitrogens is 4. The number of phosphoric ester groups is 1. The molecule has 0 radical (unpaired) electrons. The minimum atomic E-state index is -4.25. The molecule has 1 aliphatic heterocycles. The zero-order valence-electron chi connectivity index (χ0n) is 12.3. The molecule has 0 aliphatic carbocycles. The van der Waals surface area contributed by atoms with Gasteiger partial charge in [-0.2, -0.15) is 0 Å². The molecule has 4 N–H and O–H groups in total. The second-order valence-electron chi connectivity index (χ2n) is 5.05. The van der Waals surface area contributed by atoms with Crippen molar-refractivity contribution >= 4 is 19.0 Å². The molecule has 0 bridgehead atoms. The Balaban J connectivity index is 1.83. The molecule has 132 valence electrons. The van der Waals surface area contributed by atoms with Gasteiger partial charge in [-0.3, -0.25) is 18.4 Å². The Morgan fingerprint density at radius 1 is 1.42 bits per heavy atom. The number of aliphatic hydroxyl groups is 2. The van der Waals surface area contributed by atoms with Crippen molar-refractivity contribution in [2.24, 2.45) is 0 Å². The van der Waals surface area contributed by atoms with Crippen molar-refractivity contribution in [3.63, 3.8) is 0 Å². The molecule has 2 aromatic heterocycles. The highest BCUT2D eigenvalue weighted by molar-refractivity contribution is 7.47. The molecule has 0 amide bonds. The lowest BCUT2D eigenvalue weighted by Crippen LogP contribution is -2.33. The van der Waals surface area contributed by atoms with Gasteiger partial charge in [-0.15, -0.1) is 0 Å². The Morgan fingerprint density at radius 3 is 2.88 bits per heavy atom. The van der Waals surface area contributed by atoms with Crippen molar-refractivity contribution in [3.8, 4) is 0 Å². The number of rotatable bonds is 5. The van der Waals surface area contributed by atoms with Crippen LogP contribution in [-0.4, -0.2) is 66.7 Å². The fourth-order valence-electron chi connectivity index (χ4n) is 2.37. The van der Waals surface area contributed by atoms with Gasteiger partial charge < -0.3 is 24.8 Å². The third-order valence-corrected chi connectivity index (χ3v) is 4.55. The number of hydrogen-bond donors (Lipinski definition) is 4. The van der Waals surface area contributed by atoms with Crippen molar-refractivity contribution < 1.29 is 33.5 Å². The lowest BCUT2D eigenvalue weighted by Gasteiger charge is -2.16. The second kappa shape index (κ2) is 6.33. The molecule has 0 saturated carbocycles. The molecule has 24 heavy (non-hydrogen) atoms. The molecular formula is C11H15N4O8P. The van der Waals surface area contributed by atoms with Crippen LogP contribution < -0.4 is 5.56 Å². The molecule has 0 aromatic carbocycles. The molecular weight excluding hydrogens is 347 g/mol. The minimum absolute atomic E-state index is 0.0433. The average Bonchev–Trinajstić information content (AvgIpc) is 3.10. The van der Waals surface area contributed by atoms with Gasteiger partial charge in [0.25, 0.3) is 5.56 Å². The first kappa shape index (κ1) is 17.2. The SMILES string of the molecule is COP(=O)(O)OC[C@H]1O[C@@H](n2cnc3c(=O)[nH]cnc32)[C@@H](O)C1O. The molecule has 3 rings (SSSR count). The van der Waals surface area contributed by atoms with E-state index >= 15 is 0 Å². The lowest BCUT2D eigenvalue weighted by atomic mass is 10.1. The normalized spacial score (nSPS) is 29.8. The van der Waals surface area contributed by atoms with Crippen molar-refractivity contribution in [3.05, 3.63) is 23.0 Å². The number of phosphoric acid groups is 1. The zero-order valence-corrected chi connectivity index (χ0v) is 13.2. The number of imidazole rings is 1. The number of hydrogen-bond acceptors (Lipinski definition) is 9. The first-order valence-electron chi connectivity index (χ1n) is 6.79. The highest BCUT2D eigenvalue weighted by atomic mass is 31.2. The van der Waals surface area contributed by atoms with E-state index in [9.17, 15) is 24.5 Å². The maximum absolute atomic E-state index is 11.6. The Hall–Kier alpha value is -1.66. The van der Waals surface area contributed by atoms with E-state index in [1.807, 2.05) is 0 Å². The predicted molar refractivity (Wildman–Crippen MR) is 76.9 cm³/mol. The van der Waals surface area contributed by atoms with Gasteiger partial charge in [-0.05, 0) is 0 Å². The number of H-pyrrole nitrogens is 1. The molecule has 12 nitrogen and oxygen atoms in total. The van der Waals surface area contributed by atoms with Crippen LogP contribution in [0.5, 0.6) is 0 Å². The smallest absolute Gasteiger partial charge is 0.387 e. The Kier molecular flexibility index (Phi) is 4.53. The van der Waals surface area contributed by atoms with Gasteiger partial charge in [0, 0.05) is 7.11 Å². The standard InChI is InChI=1S/C11H15N4O8P/c1-21-24(19,20)22-2-5-7(16)8(17)11(23-5)15-4-14-6-9(15)12-3-13-10(6)18/h3-5,7-8,11,16-17H,2H2,1H3,(H,19,20)(H,12,13,18)/t5-,7?,8+,11-/m1/s1. The van der Waals surface area contributed by atoms with Crippen molar-refractivity contribution in [2.45, 2.75) is 24.5 Å². The largest absolute Gasteiger partial charge is 0.472 e. The molecule has 0 spiro atoms. The summed E-state index contributed by atoms with van der Waals surface area (Å²) in [4.78, 5) is 31.1. The summed E-state index contributed by atoms with van der Waals surface area (Å²) in [7, 11) is -3.26. The highest BCUT2D eigenvalue weighted by Gasteiger charge is 2.45. The molecule has 1 fully saturated rings. The summed E-state index contributed by atoms with van der Waals surface area (Å²) in [5, 5.41) is 20.2. The van der Waals surface area contributed by atoms with E-state index in [0.717, 1.165) is 7.11 Å². The zero-order chi connectivity index (χ0) is 17.5. The third-order valence-electron chi connectivity index (χ3n) is 3.61. The Labute approximate surface area is 134 Å². The maximum atomic E-state index is 11.6. The van der Waals surface area contributed by atoms with Gasteiger partial charge >= 0.3 is 7.82 Å². The molecule has 1 saturated heterocycles. The number of nitrogens with zero attached hydrogens (tertiary/aromatic N) is 3. The molecule has 2 aromatic rings. The predicted octanol–water partition coefficient (Wildman–Crippen LogP) is -1.50. The van der Waals surface area contributed by atoms with Crippen LogP contribution in [0.25, 0.3) is 11.2 Å². The summed E-state index contributed by atoms with van der Waals surface area (Å²) >= 11 is 0. The summed E-state index contributed by atoms with van der Waals surface area (Å²) < 4.78 is 27.0. The number of ether oxygens (including phenoxy) is 1. The fraction of sp³-hybridized carbons (Fsp3) is 0.545. The first-order valence-corrected chi connectivity index (χ1v) is 8.28. The summed E-state index contributed by atoms with van der Waals surface area (Å²) in [5.41, 5.74) is -0.268. The lowest BCUT2D eigenvalue weighted by molar-refractivity contribution is -0.0509. The van der Waals surface area contributed by atoms with Gasteiger partial charge in [-0.1, -0.05) is 0 Å². The van der Waals surface area contributed by atoms with Crippen LogP contribution in [0.1, 0.15) is 6.23 Å². The Morgan fingerprint density at radius 2 is 2.17 bits per heavy atom. The van der Waals surface area contributed by atoms with E-state index in [1.54, 1.807) is 0 Å². The first-order chi connectivity index (χ1) is 11.3. The summed E-state index contributed by atoms with van der Waals surface area (Å²) in [6.07, 6.45) is -2.58. The van der Waals surface area contributed by atoms with Crippen LogP contribution >= 0.6 is 7.82 Å². The van der Waals surface area contributed by atoms with E-state index in [0.29, 0.717) is 0 Å². The number of fused-ring (bicyclic) bond motifs is 1. The van der Waals surface area contributed by atoms with Gasteiger partial charge in [0.05, 0.1) is 19.3 Å². The van der Waals surface area contributed by atoms with Crippen LogP contribution in [0.2, 0.25) is 0 Å². The minimum Gasteiger partial charge on any atom is -0.387 e. The van der Waals surface area contributed by atoms with Crippen molar-refractivity contribution in [1.82, 2.24) is 19.5 Å². The molecule has 3 heterocycles. The van der Waals surface area contributed by atoms with Gasteiger partial charge in [0.1, 0.15) is 18.3 Å². The molecule has 13 heteroatoms. The van der Waals surface area contributed by atoms with E-state index in [1.165, 1.54) is 17.2 Å². The average molecular weight is 362 g/mol. The van der Waals surface area contributed by atoms with Crippen LogP contribution in [0, 0.1) is 0 Å². The molecule has 2 unspecified atom stereocenters. The van der Waals surface area contributed by atoms with E-state index in [-0.39, 0.29) is 11.2 Å². The van der Waals surface area contributed by atoms with Crippen LogP contribution in [-0.2, 0) is 18.3 Å². The quantitative estimate of drug-likeness (QED) is 0.459. The van der Waals surface area contributed by atoms with Gasteiger partial charge in [0.2, 0.25) is 0 Å². The van der Waals surface area contributed by atoms with Crippen molar-refractivity contribution in [1.29, 1.82) is 0 Å². The van der Waals surface area contributed by atoms with E-state index < -0.39 is 44.5 Å². The topological polar surface area (TPSA) is 169 Å². The monoisotopic (exact) mass is 362 g/mol. The number of aliphatic hydroxyl groups excluding tert-OH is 2. The summed E-state index contributed by atoms with van der Waals surface area (Å²) in [5.74, 6) is 0. The van der Waals surface area contributed by atoms with Crippen LogP contribution in [0.3, 0.4) is 0 Å². The van der Waals surface area contributed by atoms with Gasteiger partial charge in [0.15, 0.2) is 17.4 Å². The second-order valence-corrected chi connectivity index (χ2v) is 6.61. The van der Waals surface area contributed by atoms with Gasteiger partial charge in [-0.25, -0.2) is 14.5 Å². The van der Waals surface area contributed by atoms with Crippen LogP contribution in [0.4, 0.5) is 0 Å². The maximum Gasteiger partial charge on any atom is 0.472 e. The number of nitrogens with one attached hydrogen (secondary N) is 1. The third kappa shape index (κ3) is 3.00.